The third-order valence-corrected chi connectivity index (χ3v) is 4.75. The van der Waals surface area contributed by atoms with Gasteiger partial charge in [-0.1, -0.05) is 35.3 Å². The molecule has 5 nitrogen and oxygen atoms in total. The van der Waals surface area contributed by atoms with Crippen molar-refractivity contribution < 1.29 is 18.3 Å². The predicted octanol–water partition coefficient (Wildman–Crippen LogP) is 3.71. The molecule has 122 valence electrons. The summed E-state index contributed by atoms with van der Waals surface area (Å²) >= 11 is 11.9. The topological polar surface area (TPSA) is 83.5 Å². The van der Waals surface area contributed by atoms with Crippen molar-refractivity contribution in [2.45, 2.75) is 11.4 Å². The molecule has 0 saturated heterocycles. The van der Waals surface area contributed by atoms with Crippen molar-refractivity contribution >= 4 is 44.7 Å². The number of halogens is 2. The summed E-state index contributed by atoms with van der Waals surface area (Å²) in [5.41, 5.74) is 0.855. The van der Waals surface area contributed by atoms with Gasteiger partial charge in [0.25, 0.3) is 0 Å². The van der Waals surface area contributed by atoms with Crippen molar-refractivity contribution in [3.8, 4) is 0 Å². The van der Waals surface area contributed by atoms with E-state index in [1.54, 1.807) is 24.3 Å². The van der Waals surface area contributed by atoms with Crippen LogP contribution < -0.4 is 5.32 Å². The lowest BCUT2D eigenvalue weighted by atomic mass is 10.2. The van der Waals surface area contributed by atoms with Crippen LogP contribution >= 0.6 is 23.2 Å². The second-order valence-electron chi connectivity index (χ2n) is 4.89. The Labute approximate surface area is 143 Å². The highest BCUT2D eigenvalue weighted by Crippen LogP contribution is 2.32. The largest absolute Gasteiger partial charge is 0.478 e. The first-order valence-corrected chi connectivity index (χ1v) is 9.08. The van der Waals surface area contributed by atoms with Gasteiger partial charge >= 0.3 is 5.97 Å². The Morgan fingerprint density at radius 3 is 2.30 bits per heavy atom. The monoisotopic (exact) mass is 373 g/mol. The van der Waals surface area contributed by atoms with Crippen LogP contribution in [0, 0.1) is 0 Å². The molecule has 0 atom stereocenters. The smallest absolute Gasteiger partial charge is 0.335 e. The SMILES string of the molecule is CS(=O)(=O)c1cc(C(=O)O)cc(Cl)c1NCc1ccc(Cl)cc1. The molecule has 2 aromatic rings. The summed E-state index contributed by atoms with van der Waals surface area (Å²) in [5.74, 6) is -1.25. The third-order valence-electron chi connectivity index (χ3n) is 3.08. The molecule has 0 aliphatic heterocycles. The molecule has 0 aliphatic rings. The fourth-order valence-electron chi connectivity index (χ4n) is 1.96. The summed E-state index contributed by atoms with van der Waals surface area (Å²) in [5, 5.41) is 12.6. The summed E-state index contributed by atoms with van der Waals surface area (Å²) in [6, 6.07) is 9.30. The number of anilines is 1. The fraction of sp³-hybridized carbons (Fsp3) is 0.133. The first-order valence-electron chi connectivity index (χ1n) is 6.43. The van der Waals surface area contributed by atoms with Gasteiger partial charge in [0, 0.05) is 17.8 Å². The van der Waals surface area contributed by atoms with Crippen LogP contribution in [-0.4, -0.2) is 25.7 Å². The van der Waals surface area contributed by atoms with Gasteiger partial charge in [-0.3, -0.25) is 0 Å². The van der Waals surface area contributed by atoms with Crippen molar-refractivity contribution in [3.05, 3.63) is 57.6 Å². The number of rotatable bonds is 5. The van der Waals surface area contributed by atoms with Gasteiger partial charge in [0.2, 0.25) is 0 Å². The van der Waals surface area contributed by atoms with Crippen LogP contribution in [-0.2, 0) is 16.4 Å². The lowest BCUT2D eigenvalue weighted by Crippen LogP contribution is -2.09. The molecule has 0 unspecified atom stereocenters. The van der Waals surface area contributed by atoms with Crippen LogP contribution in [0.15, 0.2) is 41.3 Å². The Morgan fingerprint density at radius 1 is 1.17 bits per heavy atom. The number of carboxylic acid groups (broad SMARTS) is 1. The van der Waals surface area contributed by atoms with E-state index in [2.05, 4.69) is 5.32 Å². The lowest BCUT2D eigenvalue weighted by Gasteiger charge is -2.14. The van der Waals surface area contributed by atoms with E-state index in [1.807, 2.05) is 0 Å². The molecule has 23 heavy (non-hydrogen) atoms. The van der Waals surface area contributed by atoms with Crippen LogP contribution in [0.3, 0.4) is 0 Å². The molecule has 8 heteroatoms. The molecule has 0 saturated carbocycles. The maximum Gasteiger partial charge on any atom is 0.335 e. The molecule has 0 aromatic heterocycles. The third kappa shape index (κ3) is 4.37. The zero-order chi connectivity index (χ0) is 17.2. The second kappa shape index (κ2) is 6.78. The number of hydrogen-bond acceptors (Lipinski definition) is 4. The number of nitrogens with one attached hydrogen (secondary N) is 1. The highest BCUT2D eigenvalue weighted by molar-refractivity contribution is 7.90. The molecule has 2 N–H and O–H groups in total. The van der Waals surface area contributed by atoms with E-state index in [4.69, 9.17) is 28.3 Å². The Kier molecular flexibility index (Phi) is 5.19. The van der Waals surface area contributed by atoms with Gasteiger partial charge in [0.15, 0.2) is 9.84 Å². The first-order chi connectivity index (χ1) is 10.7. The highest BCUT2D eigenvalue weighted by atomic mass is 35.5. The molecular weight excluding hydrogens is 361 g/mol. The predicted molar refractivity (Wildman–Crippen MR) is 90.3 cm³/mol. The number of aromatic carboxylic acids is 1. The Balaban J connectivity index is 2.40. The normalized spacial score (nSPS) is 11.3. The number of sulfone groups is 1. The minimum Gasteiger partial charge on any atom is -0.478 e. The van der Waals surface area contributed by atoms with Crippen LogP contribution in [0.2, 0.25) is 10.0 Å². The van der Waals surface area contributed by atoms with Gasteiger partial charge in [0.05, 0.1) is 21.2 Å². The lowest BCUT2D eigenvalue weighted by molar-refractivity contribution is 0.0696. The minimum atomic E-state index is -3.65. The van der Waals surface area contributed by atoms with E-state index < -0.39 is 15.8 Å². The highest BCUT2D eigenvalue weighted by Gasteiger charge is 2.20. The van der Waals surface area contributed by atoms with E-state index in [0.717, 1.165) is 17.9 Å². The average molecular weight is 374 g/mol. The van der Waals surface area contributed by atoms with Crippen LogP contribution in [0.4, 0.5) is 5.69 Å². The maximum absolute atomic E-state index is 11.9. The van der Waals surface area contributed by atoms with Crippen LogP contribution in [0.1, 0.15) is 15.9 Å². The summed E-state index contributed by atoms with van der Waals surface area (Å²) < 4.78 is 23.9. The zero-order valence-corrected chi connectivity index (χ0v) is 14.3. The number of benzene rings is 2. The quantitative estimate of drug-likeness (QED) is 0.834. The van der Waals surface area contributed by atoms with E-state index >= 15 is 0 Å². The van der Waals surface area contributed by atoms with Crippen LogP contribution in [0.25, 0.3) is 0 Å². The summed E-state index contributed by atoms with van der Waals surface area (Å²) in [6.07, 6.45) is 0.998. The molecule has 0 spiro atoms. The minimum absolute atomic E-state index is 0.0271. The second-order valence-corrected chi connectivity index (χ2v) is 7.72. The molecular formula is C15H13Cl2NO4S. The fourth-order valence-corrected chi connectivity index (χ4v) is 3.32. The zero-order valence-electron chi connectivity index (χ0n) is 12.0. The van der Waals surface area contributed by atoms with Crippen molar-refractivity contribution in [2.24, 2.45) is 0 Å². The van der Waals surface area contributed by atoms with Crippen molar-refractivity contribution in [3.63, 3.8) is 0 Å². The molecule has 0 amide bonds. The standard InChI is InChI=1S/C15H13Cl2NO4S/c1-23(21,22)13-7-10(15(19)20)6-12(17)14(13)18-8-9-2-4-11(16)5-3-9/h2-7,18H,8H2,1H3,(H,19,20). The summed E-state index contributed by atoms with van der Waals surface area (Å²) in [7, 11) is -3.65. The molecule has 0 heterocycles. The Bertz CT molecular complexity index is 849. The van der Waals surface area contributed by atoms with Gasteiger partial charge in [-0.15, -0.1) is 0 Å². The van der Waals surface area contributed by atoms with Crippen LogP contribution in [0.5, 0.6) is 0 Å². The van der Waals surface area contributed by atoms with Gasteiger partial charge in [-0.2, -0.15) is 0 Å². The molecule has 2 rings (SSSR count). The Hall–Kier alpha value is -1.76. The van der Waals surface area contributed by atoms with Gasteiger partial charge in [-0.25, -0.2) is 13.2 Å². The van der Waals surface area contributed by atoms with Crippen molar-refractivity contribution in [1.29, 1.82) is 0 Å². The molecule has 0 aliphatic carbocycles. The summed E-state index contributed by atoms with van der Waals surface area (Å²) in [6.45, 7) is 0.311. The Morgan fingerprint density at radius 2 is 1.78 bits per heavy atom. The van der Waals surface area contributed by atoms with E-state index in [9.17, 15) is 13.2 Å². The average Bonchev–Trinajstić information content (AvgIpc) is 2.45. The maximum atomic E-state index is 11.9. The first kappa shape index (κ1) is 17.6. The molecule has 2 aromatic carbocycles. The molecule has 0 fully saturated rings. The summed E-state index contributed by atoms with van der Waals surface area (Å²) in [4.78, 5) is 10.9. The number of carboxylic acids is 1. The number of hydrogen-bond donors (Lipinski definition) is 2. The van der Waals surface area contributed by atoms with Gasteiger partial charge in [0.1, 0.15) is 0 Å². The van der Waals surface area contributed by atoms with E-state index in [1.165, 1.54) is 6.07 Å². The molecule has 0 radical (unpaired) electrons. The van der Waals surface area contributed by atoms with E-state index in [0.29, 0.717) is 11.6 Å². The van der Waals surface area contributed by atoms with Gasteiger partial charge < -0.3 is 10.4 Å². The number of carbonyl (C=O) groups is 1. The molecule has 0 bridgehead atoms. The van der Waals surface area contributed by atoms with Crippen molar-refractivity contribution in [1.82, 2.24) is 0 Å². The van der Waals surface area contributed by atoms with E-state index in [-0.39, 0.29) is 21.2 Å². The van der Waals surface area contributed by atoms with Gasteiger partial charge in [-0.05, 0) is 29.8 Å². The van der Waals surface area contributed by atoms with Crippen molar-refractivity contribution in [2.75, 3.05) is 11.6 Å².